The molecule has 0 bridgehead atoms. The molecule has 4 rings (SSSR count). The Morgan fingerprint density at radius 1 is 0.800 bits per heavy atom. The zero-order valence-electron chi connectivity index (χ0n) is 25.5. The molecule has 0 saturated carbocycles. The highest BCUT2D eigenvalue weighted by atomic mass is 35.5. The van der Waals surface area contributed by atoms with E-state index in [9.17, 15) is 18.0 Å². The van der Waals surface area contributed by atoms with Gasteiger partial charge in [0.05, 0.1) is 10.6 Å². The first kappa shape index (κ1) is 34.0. The lowest BCUT2D eigenvalue weighted by atomic mass is 10.0. The van der Waals surface area contributed by atoms with Gasteiger partial charge in [0.1, 0.15) is 12.6 Å². The standard InChI is InChI=1S/C35H37Cl2N3O4S/c1-4-26(3)38-35(42)33(22-27-8-6-5-7-9-27)39(23-28-12-14-29(36)15-13-28)34(41)24-40(31-18-10-25(2)11-19-31)45(43,44)32-20-16-30(37)17-21-32/h5-21,26,33H,4,22-24H2,1-3H3,(H,38,42)/t26-,33-/m1/s1. The average Bonchev–Trinajstić information content (AvgIpc) is 3.03. The largest absolute Gasteiger partial charge is 0.352 e. The normalized spacial score (nSPS) is 12.6. The van der Waals surface area contributed by atoms with Crippen LogP contribution in [-0.4, -0.2) is 43.8 Å². The Kier molecular flexibility index (Phi) is 11.7. The molecule has 10 heteroatoms. The van der Waals surface area contributed by atoms with Crippen LogP contribution in [-0.2, 0) is 32.6 Å². The van der Waals surface area contributed by atoms with Crippen molar-refractivity contribution in [1.82, 2.24) is 10.2 Å². The van der Waals surface area contributed by atoms with E-state index in [-0.39, 0.29) is 29.8 Å². The lowest BCUT2D eigenvalue weighted by molar-refractivity contribution is -0.140. The van der Waals surface area contributed by atoms with Crippen LogP contribution in [0, 0.1) is 6.92 Å². The molecule has 0 aliphatic rings. The summed E-state index contributed by atoms with van der Waals surface area (Å²) >= 11 is 12.2. The molecule has 4 aromatic rings. The molecule has 4 aromatic carbocycles. The van der Waals surface area contributed by atoms with Crippen molar-refractivity contribution in [3.63, 3.8) is 0 Å². The lowest BCUT2D eigenvalue weighted by Crippen LogP contribution is -2.54. The first-order valence-electron chi connectivity index (χ1n) is 14.7. The van der Waals surface area contributed by atoms with Gasteiger partial charge in [-0.2, -0.15) is 0 Å². The number of hydrogen-bond donors (Lipinski definition) is 1. The number of rotatable bonds is 13. The van der Waals surface area contributed by atoms with E-state index in [2.05, 4.69) is 5.32 Å². The number of halogens is 2. The van der Waals surface area contributed by atoms with Gasteiger partial charge in [-0.15, -0.1) is 0 Å². The van der Waals surface area contributed by atoms with Crippen molar-refractivity contribution in [3.05, 3.63) is 130 Å². The molecule has 0 spiro atoms. The number of carbonyl (C=O) groups excluding carboxylic acids is 2. The summed E-state index contributed by atoms with van der Waals surface area (Å²) < 4.78 is 29.2. The number of aryl methyl sites for hydroxylation is 1. The van der Waals surface area contributed by atoms with E-state index in [1.54, 1.807) is 48.5 Å². The maximum Gasteiger partial charge on any atom is 0.264 e. The summed E-state index contributed by atoms with van der Waals surface area (Å²) in [6, 6.07) is 28.1. The maximum atomic E-state index is 14.5. The Hall–Kier alpha value is -3.85. The van der Waals surface area contributed by atoms with Crippen molar-refractivity contribution < 1.29 is 18.0 Å². The summed E-state index contributed by atoms with van der Waals surface area (Å²) in [5.74, 6) is -0.860. The lowest BCUT2D eigenvalue weighted by Gasteiger charge is -2.34. The number of amides is 2. The SMILES string of the molecule is CC[C@@H](C)NC(=O)[C@@H](Cc1ccccc1)N(Cc1ccc(Cl)cc1)C(=O)CN(c1ccc(C)cc1)S(=O)(=O)c1ccc(Cl)cc1. The summed E-state index contributed by atoms with van der Waals surface area (Å²) in [5, 5.41) is 3.95. The highest BCUT2D eigenvalue weighted by molar-refractivity contribution is 7.92. The summed E-state index contributed by atoms with van der Waals surface area (Å²) in [4.78, 5) is 29.8. The number of benzene rings is 4. The van der Waals surface area contributed by atoms with Gasteiger partial charge in [-0.25, -0.2) is 8.42 Å². The van der Waals surface area contributed by atoms with E-state index in [0.717, 1.165) is 21.0 Å². The van der Waals surface area contributed by atoms with Crippen LogP contribution in [0.25, 0.3) is 0 Å². The summed E-state index contributed by atoms with van der Waals surface area (Å²) in [5.41, 5.74) is 2.85. The Bertz CT molecular complexity index is 1680. The van der Waals surface area contributed by atoms with Crippen LogP contribution < -0.4 is 9.62 Å². The molecule has 7 nitrogen and oxygen atoms in total. The van der Waals surface area contributed by atoms with E-state index >= 15 is 0 Å². The summed E-state index contributed by atoms with van der Waals surface area (Å²) in [6.07, 6.45) is 0.937. The van der Waals surface area contributed by atoms with Crippen LogP contribution in [0.15, 0.2) is 108 Å². The highest BCUT2D eigenvalue weighted by Crippen LogP contribution is 2.26. The molecular weight excluding hydrogens is 629 g/mol. The molecule has 0 radical (unpaired) electrons. The Morgan fingerprint density at radius 2 is 1.38 bits per heavy atom. The first-order chi connectivity index (χ1) is 21.5. The first-order valence-corrected chi connectivity index (χ1v) is 16.9. The fourth-order valence-electron chi connectivity index (χ4n) is 4.76. The van der Waals surface area contributed by atoms with Crippen LogP contribution in [0.2, 0.25) is 10.0 Å². The third-order valence-corrected chi connectivity index (χ3v) is 9.83. The van der Waals surface area contributed by atoms with Gasteiger partial charge in [-0.05, 0) is 79.9 Å². The fraction of sp³-hybridized carbons (Fsp3) is 0.257. The van der Waals surface area contributed by atoms with E-state index in [0.29, 0.717) is 22.2 Å². The van der Waals surface area contributed by atoms with Gasteiger partial charge in [0.2, 0.25) is 11.8 Å². The number of nitrogens with zero attached hydrogens (tertiary/aromatic N) is 2. The minimum atomic E-state index is -4.21. The molecule has 0 heterocycles. The van der Waals surface area contributed by atoms with Crippen molar-refractivity contribution >= 4 is 50.7 Å². The number of carbonyl (C=O) groups is 2. The second-order valence-corrected chi connectivity index (χ2v) is 13.7. The van der Waals surface area contributed by atoms with Gasteiger partial charge in [-0.1, -0.05) is 90.3 Å². The minimum Gasteiger partial charge on any atom is -0.352 e. The predicted molar refractivity (Wildman–Crippen MR) is 181 cm³/mol. The Morgan fingerprint density at radius 3 is 1.96 bits per heavy atom. The number of nitrogens with one attached hydrogen (secondary N) is 1. The number of sulfonamides is 1. The molecular formula is C35H37Cl2N3O4S. The van der Waals surface area contributed by atoms with Crippen molar-refractivity contribution in [2.75, 3.05) is 10.8 Å². The third-order valence-electron chi connectivity index (χ3n) is 7.54. The molecule has 0 aliphatic heterocycles. The average molecular weight is 667 g/mol. The molecule has 1 N–H and O–H groups in total. The van der Waals surface area contributed by atoms with Crippen LogP contribution in [0.5, 0.6) is 0 Å². The van der Waals surface area contributed by atoms with Gasteiger partial charge < -0.3 is 10.2 Å². The van der Waals surface area contributed by atoms with Gasteiger partial charge in [0, 0.05) is 29.1 Å². The second-order valence-electron chi connectivity index (χ2n) is 11.0. The molecule has 0 aliphatic carbocycles. The van der Waals surface area contributed by atoms with E-state index in [1.165, 1.54) is 29.2 Å². The molecule has 2 atom stereocenters. The third kappa shape index (κ3) is 9.10. The van der Waals surface area contributed by atoms with Crippen molar-refractivity contribution in [2.45, 2.75) is 57.1 Å². The highest BCUT2D eigenvalue weighted by Gasteiger charge is 2.35. The number of hydrogen-bond acceptors (Lipinski definition) is 4. The van der Waals surface area contributed by atoms with Crippen molar-refractivity contribution in [3.8, 4) is 0 Å². The summed E-state index contributed by atoms with van der Waals surface area (Å²) in [6.45, 7) is 5.29. The van der Waals surface area contributed by atoms with Crippen LogP contribution in [0.1, 0.15) is 37.0 Å². The van der Waals surface area contributed by atoms with Gasteiger partial charge in [-0.3, -0.25) is 13.9 Å². The maximum absolute atomic E-state index is 14.5. The number of anilines is 1. The second kappa shape index (κ2) is 15.4. The Labute approximate surface area is 275 Å². The van der Waals surface area contributed by atoms with Gasteiger partial charge >= 0.3 is 0 Å². The van der Waals surface area contributed by atoms with E-state index in [1.807, 2.05) is 51.1 Å². The smallest absolute Gasteiger partial charge is 0.264 e. The zero-order valence-corrected chi connectivity index (χ0v) is 27.8. The molecule has 0 aromatic heterocycles. The van der Waals surface area contributed by atoms with E-state index < -0.39 is 28.5 Å². The van der Waals surface area contributed by atoms with E-state index in [4.69, 9.17) is 23.2 Å². The quantitative estimate of drug-likeness (QED) is 0.166. The summed E-state index contributed by atoms with van der Waals surface area (Å²) in [7, 11) is -4.21. The monoisotopic (exact) mass is 665 g/mol. The molecule has 2 amide bonds. The zero-order chi connectivity index (χ0) is 32.6. The van der Waals surface area contributed by atoms with Crippen LogP contribution in [0.4, 0.5) is 5.69 Å². The van der Waals surface area contributed by atoms with Crippen molar-refractivity contribution in [2.24, 2.45) is 0 Å². The van der Waals surface area contributed by atoms with Crippen LogP contribution in [0.3, 0.4) is 0 Å². The van der Waals surface area contributed by atoms with Crippen molar-refractivity contribution in [1.29, 1.82) is 0 Å². The molecule has 45 heavy (non-hydrogen) atoms. The topological polar surface area (TPSA) is 86.8 Å². The Balaban J connectivity index is 1.80. The predicted octanol–water partition coefficient (Wildman–Crippen LogP) is 7.05. The molecule has 236 valence electrons. The van der Waals surface area contributed by atoms with Gasteiger partial charge in [0.25, 0.3) is 10.0 Å². The molecule has 0 unspecified atom stereocenters. The van der Waals surface area contributed by atoms with Gasteiger partial charge in [0.15, 0.2) is 0 Å². The molecule has 0 fully saturated rings. The molecule has 0 saturated heterocycles. The van der Waals surface area contributed by atoms with Crippen LogP contribution >= 0.6 is 23.2 Å². The minimum absolute atomic E-state index is 0.0140. The fourth-order valence-corrected chi connectivity index (χ4v) is 6.42.